The van der Waals surface area contributed by atoms with Crippen LogP contribution in [0.2, 0.25) is 0 Å². The van der Waals surface area contributed by atoms with E-state index in [0.29, 0.717) is 0 Å². The molecule has 0 aromatic carbocycles. The van der Waals surface area contributed by atoms with Gasteiger partial charge in [-0.1, -0.05) is 0 Å². The van der Waals surface area contributed by atoms with Crippen molar-refractivity contribution in [3.05, 3.63) is 29.3 Å². The summed E-state index contributed by atoms with van der Waals surface area (Å²) in [7, 11) is -8.25. The zero-order valence-electron chi connectivity index (χ0n) is 23.1. The Morgan fingerprint density at radius 1 is 0.978 bits per heavy atom. The van der Waals surface area contributed by atoms with Gasteiger partial charge in [0.2, 0.25) is 5.95 Å². The van der Waals surface area contributed by atoms with Crippen molar-refractivity contribution in [2.75, 3.05) is 31.8 Å². The lowest BCUT2D eigenvalue weighted by Crippen LogP contribution is -2.36. The standard InChI is InChI=1S/C21H26N10O12P2/c1-37-45(36)39-3-8-2-9(19(40-8)31-7-27-12-17(31)28-21(23)29-18(12)33)42-44(34,35)38-4-10-14(43-45)13(32)20(41-10)30-6-26-11-15(22)24-5-25-16(11)30/h5-10,13-14,19-20,32H,2-4H2,1H3,(H,34,35)(H2,22,24,25)(H3,23,28,29,33)/t8-,9+,10+,13+,14+,19+,20+,45?/m0/s1. The maximum Gasteiger partial charge on any atom is 0.475 e. The van der Waals surface area contributed by atoms with Gasteiger partial charge < -0.3 is 30.9 Å². The van der Waals surface area contributed by atoms with Crippen LogP contribution in [-0.2, 0) is 41.2 Å². The first kappa shape index (κ1) is 30.3. The predicted molar refractivity (Wildman–Crippen MR) is 147 cm³/mol. The fourth-order valence-corrected chi connectivity index (χ4v) is 7.47. The third-order valence-corrected chi connectivity index (χ3v) is 9.83. The number of nitrogens with two attached hydrogens (primary N) is 2. The van der Waals surface area contributed by atoms with Gasteiger partial charge in [-0.2, -0.15) is 4.98 Å². The number of fused-ring (bicyclic) bond motifs is 5. The van der Waals surface area contributed by atoms with Crippen molar-refractivity contribution in [2.24, 2.45) is 0 Å². The van der Waals surface area contributed by atoms with Crippen molar-refractivity contribution in [3.8, 4) is 0 Å². The number of hydrogen-bond donors (Lipinski definition) is 5. The number of hydrogen-bond acceptors (Lipinski definition) is 18. The smallest absolute Gasteiger partial charge is 0.386 e. The number of anilines is 2. The minimum atomic E-state index is -4.89. The molecule has 0 spiro atoms. The molecule has 3 aliphatic rings. The van der Waals surface area contributed by atoms with Gasteiger partial charge in [0.25, 0.3) is 5.56 Å². The molecule has 0 radical (unpaired) electrons. The van der Waals surface area contributed by atoms with Gasteiger partial charge in [-0.25, -0.2) is 29.1 Å². The largest absolute Gasteiger partial charge is 0.475 e. The highest BCUT2D eigenvalue weighted by molar-refractivity contribution is 7.48. The molecule has 45 heavy (non-hydrogen) atoms. The lowest BCUT2D eigenvalue weighted by molar-refractivity contribution is -0.0678. The molecule has 4 aromatic heterocycles. The molecule has 7 rings (SSSR count). The molecule has 7 N–H and O–H groups in total. The summed E-state index contributed by atoms with van der Waals surface area (Å²) in [4.78, 5) is 45.7. The SMILES string of the molecule is COP1(=O)OC[C@@H]2C[C@@H](OP(=O)(O)OC[C@H]3O[C@@H](n4cnc5c(N)ncnc54)[C@H](O)[C@@H]3O1)[C@H](n1cnc3c(=O)[nH]c(N)nc31)O2. The second-order valence-corrected chi connectivity index (χ2v) is 13.3. The van der Waals surface area contributed by atoms with Crippen molar-refractivity contribution < 1.29 is 51.2 Å². The van der Waals surface area contributed by atoms with Crippen LogP contribution < -0.4 is 17.0 Å². The van der Waals surface area contributed by atoms with Gasteiger partial charge in [0.05, 0.1) is 32.0 Å². The summed E-state index contributed by atoms with van der Waals surface area (Å²) < 4.78 is 68.6. The topological polar surface area (TPSA) is 298 Å². The Morgan fingerprint density at radius 2 is 1.73 bits per heavy atom. The summed E-state index contributed by atoms with van der Waals surface area (Å²) in [5.74, 6) is -0.124. The second kappa shape index (κ2) is 11.1. The van der Waals surface area contributed by atoms with E-state index in [1.165, 1.54) is 28.1 Å². The Morgan fingerprint density at radius 3 is 2.51 bits per heavy atom. The van der Waals surface area contributed by atoms with E-state index in [2.05, 4.69) is 29.9 Å². The van der Waals surface area contributed by atoms with Crippen LogP contribution in [0, 0.1) is 0 Å². The molecule has 0 saturated carbocycles. The predicted octanol–water partition coefficient (Wildman–Crippen LogP) is -0.658. The number of imidazole rings is 2. The van der Waals surface area contributed by atoms with Gasteiger partial charge in [0, 0.05) is 13.5 Å². The van der Waals surface area contributed by atoms with Crippen LogP contribution in [0.4, 0.5) is 11.8 Å². The minimum Gasteiger partial charge on any atom is -0.386 e. The maximum absolute atomic E-state index is 13.6. The van der Waals surface area contributed by atoms with Crippen molar-refractivity contribution >= 4 is 49.7 Å². The van der Waals surface area contributed by atoms with Gasteiger partial charge in [-0.15, -0.1) is 0 Å². The van der Waals surface area contributed by atoms with Crippen LogP contribution in [0.3, 0.4) is 0 Å². The average molecular weight is 672 g/mol. The summed E-state index contributed by atoms with van der Waals surface area (Å²) in [5, 5.41) is 11.3. The highest BCUT2D eigenvalue weighted by Gasteiger charge is 2.52. The lowest BCUT2D eigenvalue weighted by atomic mass is 10.1. The first-order valence-electron chi connectivity index (χ1n) is 13.2. The molecule has 3 saturated heterocycles. The maximum atomic E-state index is 13.6. The number of phosphoric acid groups is 2. The number of ether oxygens (including phenoxy) is 2. The van der Waals surface area contributed by atoms with Crippen LogP contribution in [0.5, 0.6) is 0 Å². The van der Waals surface area contributed by atoms with Crippen molar-refractivity contribution in [3.63, 3.8) is 0 Å². The van der Waals surface area contributed by atoms with E-state index >= 15 is 0 Å². The third kappa shape index (κ3) is 5.42. The van der Waals surface area contributed by atoms with Crippen LogP contribution in [0.15, 0.2) is 23.8 Å². The molecular weight excluding hydrogens is 646 g/mol. The molecular formula is C21H26N10O12P2. The molecule has 22 nitrogen and oxygen atoms in total. The molecule has 3 aliphatic heterocycles. The number of nitrogens with zero attached hydrogens (tertiary/aromatic N) is 7. The third-order valence-electron chi connectivity index (χ3n) is 7.40. The summed E-state index contributed by atoms with van der Waals surface area (Å²) >= 11 is 0. The molecule has 9 atom stereocenters. The first-order valence-corrected chi connectivity index (χ1v) is 16.2. The van der Waals surface area contributed by atoms with Crippen molar-refractivity contribution in [2.45, 2.75) is 49.4 Å². The van der Waals surface area contributed by atoms with E-state index < -0.39 is 77.4 Å². The summed E-state index contributed by atoms with van der Waals surface area (Å²) in [6.07, 6.45) is -5.29. The second-order valence-electron chi connectivity index (χ2n) is 10.2. The molecule has 0 aliphatic carbocycles. The Hall–Kier alpha value is -3.40. The number of H-pyrrole nitrogens is 1. The van der Waals surface area contributed by atoms with E-state index in [9.17, 15) is 23.9 Å². The number of aromatic amines is 1. The van der Waals surface area contributed by atoms with E-state index in [4.69, 9.17) is 43.6 Å². The van der Waals surface area contributed by atoms with Crippen LogP contribution in [0.25, 0.3) is 22.3 Å². The fourth-order valence-electron chi connectivity index (χ4n) is 5.38. The molecule has 3 fully saturated rings. The molecule has 0 amide bonds. The number of aliphatic hydroxyl groups excluding tert-OH is 1. The van der Waals surface area contributed by atoms with Gasteiger partial charge in [-0.3, -0.25) is 41.5 Å². The summed E-state index contributed by atoms with van der Waals surface area (Å²) in [6.45, 7) is -1.11. The van der Waals surface area contributed by atoms with Crippen molar-refractivity contribution in [1.29, 1.82) is 0 Å². The zero-order valence-corrected chi connectivity index (χ0v) is 24.8. The highest BCUT2D eigenvalue weighted by atomic mass is 31.2. The molecule has 242 valence electrons. The zero-order chi connectivity index (χ0) is 31.7. The van der Waals surface area contributed by atoms with Crippen LogP contribution in [0.1, 0.15) is 18.9 Å². The molecule has 24 heteroatoms. The number of rotatable bonds is 3. The van der Waals surface area contributed by atoms with E-state index in [1.54, 1.807) is 0 Å². The van der Waals surface area contributed by atoms with Gasteiger partial charge in [0.1, 0.15) is 36.3 Å². The van der Waals surface area contributed by atoms with Gasteiger partial charge in [-0.05, 0) is 0 Å². The van der Waals surface area contributed by atoms with Gasteiger partial charge >= 0.3 is 15.6 Å². The van der Waals surface area contributed by atoms with Crippen LogP contribution in [-0.4, -0.2) is 99.9 Å². The highest BCUT2D eigenvalue weighted by Crippen LogP contribution is 2.55. The van der Waals surface area contributed by atoms with E-state index in [1.807, 2.05) is 0 Å². The Bertz CT molecular complexity index is 1920. The van der Waals surface area contributed by atoms with E-state index in [-0.39, 0.29) is 40.5 Å². The lowest BCUT2D eigenvalue weighted by Gasteiger charge is -2.26. The Labute approximate surface area is 250 Å². The number of aromatic nitrogens is 8. The average Bonchev–Trinajstić information content (AvgIpc) is 3.76. The summed E-state index contributed by atoms with van der Waals surface area (Å²) in [5.41, 5.74) is 11.3. The normalized spacial score (nSPS) is 36.0. The minimum absolute atomic E-state index is 0.0124. The fraction of sp³-hybridized carbons (Fsp3) is 0.524. The molecule has 4 aromatic rings. The quantitative estimate of drug-likeness (QED) is 0.169. The van der Waals surface area contributed by atoms with E-state index in [0.717, 1.165) is 7.11 Å². The van der Waals surface area contributed by atoms with Gasteiger partial charge in [0.15, 0.2) is 35.1 Å². The summed E-state index contributed by atoms with van der Waals surface area (Å²) in [6, 6.07) is 0. The van der Waals surface area contributed by atoms with Crippen molar-refractivity contribution in [1.82, 2.24) is 39.0 Å². The molecule has 2 unspecified atom stereocenters. The number of nitrogens with one attached hydrogen (secondary N) is 1. The Balaban J connectivity index is 1.20. The first-order chi connectivity index (χ1) is 21.4. The Kier molecular flexibility index (Phi) is 7.49. The number of nitrogen functional groups attached to an aromatic ring is 2. The molecule has 7 heterocycles. The monoisotopic (exact) mass is 672 g/mol. The number of aliphatic hydroxyl groups is 1. The molecule has 2 bridgehead atoms. The number of phosphoric ester groups is 2. The van der Waals surface area contributed by atoms with Crippen LogP contribution >= 0.6 is 15.6 Å².